The lowest BCUT2D eigenvalue weighted by molar-refractivity contribution is 0.0535. The molecule has 1 aliphatic rings. The number of carbonyl (C=O) groups excluding carboxylic acids is 1. The highest BCUT2D eigenvalue weighted by Gasteiger charge is 2.26. The molecule has 0 saturated heterocycles. The molecule has 0 bridgehead atoms. The Morgan fingerprint density at radius 1 is 1.00 bits per heavy atom. The second-order valence-corrected chi connectivity index (χ2v) is 4.23. The van der Waals surface area contributed by atoms with Gasteiger partial charge in [-0.2, -0.15) is 0 Å². The monoisotopic (exact) mass is 224 g/mol. The summed E-state index contributed by atoms with van der Waals surface area (Å²) >= 11 is 0. The third-order valence-electron chi connectivity index (χ3n) is 3.13. The Morgan fingerprint density at radius 3 is 2.53 bits per heavy atom. The van der Waals surface area contributed by atoms with E-state index >= 15 is 0 Å². The van der Waals surface area contributed by atoms with Gasteiger partial charge in [-0.25, -0.2) is 4.79 Å². The van der Waals surface area contributed by atoms with E-state index in [2.05, 4.69) is 0 Å². The van der Waals surface area contributed by atoms with Crippen molar-refractivity contribution in [2.75, 3.05) is 0 Å². The van der Waals surface area contributed by atoms with Gasteiger partial charge in [0.2, 0.25) is 0 Å². The molecule has 84 valence electrons. The highest BCUT2D eigenvalue weighted by Crippen LogP contribution is 2.33. The summed E-state index contributed by atoms with van der Waals surface area (Å²) in [5.41, 5.74) is 4.90. The predicted octanol–water partition coefficient (Wildman–Crippen LogP) is 3.33. The van der Waals surface area contributed by atoms with Crippen LogP contribution in [0.25, 0.3) is 11.1 Å². The average molecular weight is 224 g/mol. The zero-order valence-corrected chi connectivity index (χ0v) is 9.57. The highest BCUT2D eigenvalue weighted by molar-refractivity contribution is 6.01. The Bertz CT molecular complexity index is 585. The van der Waals surface area contributed by atoms with Crippen molar-refractivity contribution in [1.29, 1.82) is 0 Å². The largest absolute Gasteiger partial charge is 0.457 e. The fourth-order valence-electron chi connectivity index (χ4n) is 2.30. The van der Waals surface area contributed by atoms with E-state index in [-0.39, 0.29) is 5.97 Å². The maximum Gasteiger partial charge on any atom is 0.339 e. The molecule has 3 rings (SSSR count). The molecule has 0 atom stereocenters. The SMILES string of the molecule is Cc1ccc2c(c1-c1ccccc1)C(=O)OC2. The molecule has 2 aromatic rings. The number of carbonyl (C=O) groups is 1. The molecule has 0 amide bonds. The van der Waals surface area contributed by atoms with Crippen LogP contribution in [0.5, 0.6) is 0 Å². The van der Waals surface area contributed by atoms with Gasteiger partial charge in [-0.3, -0.25) is 0 Å². The minimum atomic E-state index is -0.206. The normalized spacial score (nSPS) is 13.4. The number of cyclic esters (lactones) is 1. The quantitative estimate of drug-likeness (QED) is 0.694. The summed E-state index contributed by atoms with van der Waals surface area (Å²) in [6, 6.07) is 14.0. The number of hydrogen-bond acceptors (Lipinski definition) is 2. The van der Waals surface area contributed by atoms with Crippen molar-refractivity contribution in [2.24, 2.45) is 0 Å². The topological polar surface area (TPSA) is 26.3 Å². The van der Waals surface area contributed by atoms with Crippen LogP contribution >= 0.6 is 0 Å². The van der Waals surface area contributed by atoms with E-state index in [1.54, 1.807) is 0 Å². The predicted molar refractivity (Wildman–Crippen MR) is 65.7 cm³/mol. The summed E-state index contributed by atoms with van der Waals surface area (Å²) in [6.07, 6.45) is 0. The lowest BCUT2D eigenvalue weighted by atomic mass is 9.92. The molecule has 2 aromatic carbocycles. The van der Waals surface area contributed by atoms with Gasteiger partial charge in [0.05, 0.1) is 5.56 Å². The van der Waals surface area contributed by atoms with Gasteiger partial charge >= 0.3 is 5.97 Å². The summed E-state index contributed by atoms with van der Waals surface area (Å²) in [5.74, 6) is -0.206. The number of esters is 1. The van der Waals surface area contributed by atoms with E-state index in [4.69, 9.17) is 4.74 Å². The molecule has 17 heavy (non-hydrogen) atoms. The summed E-state index contributed by atoms with van der Waals surface area (Å²) in [6.45, 7) is 2.42. The molecule has 0 aromatic heterocycles. The molecule has 2 heteroatoms. The van der Waals surface area contributed by atoms with Gasteiger partial charge in [0.25, 0.3) is 0 Å². The second-order valence-electron chi connectivity index (χ2n) is 4.23. The van der Waals surface area contributed by atoms with E-state index in [1.165, 1.54) is 0 Å². The first-order valence-electron chi connectivity index (χ1n) is 5.62. The van der Waals surface area contributed by atoms with Crippen molar-refractivity contribution in [3.8, 4) is 11.1 Å². The molecule has 0 aliphatic carbocycles. The van der Waals surface area contributed by atoms with E-state index in [9.17, 15) is 4.79 Å². The van der Waals surface area contributed by atoms with Crippen molar-refractivity contribution < 1.29 is 9.53 Å². The fourth-order valence-corrected chi connectivity index (χ4v) is 2.30. The molecule has 0 fully saturated rings. The molecule has 0 N–H and O–H groups in total. The van der Waals surface area contributed by atoms with E-state index in [0.717, 1.165) is 27.8 Å². The zero-order chi connectivity index (χ0) is 11.8. The Balaban J connectivity index is 2.30. The second kappa shape index (κ2) is 3.74. The maximum absolute atomic E-state index is 11.8. The highest BCUT2D eigenvalue weighted by atomic mass is 16.5. The fraction of sp³-hybridized carbons (Fsp3) is 0.133. The van der Waals surface area contributed by atoms with Gasteiger partial charge in [-0.1, -0.05) is 42.5 Å². The Labute approximate surface area is 99.9 Å². The van der Waals surface area contributed by atoms with Crippen LogP contribution in [0.4, 0.5) is 0 Å². The number of ether oxygens (including phenoxy) is 1. The number of aryl methyl sites for hydroxylation is 1. The lowest BCUT2D eigenvalue weighted by Crippen LogP contribution is -1.99. The van der Waals surface area contributed by atoms with Crippen molar-refractivity contribution in [1.82, 2.24) is 0 Å². The van der Waals surface area contributed by atoms with Crippen molar-refractivity contribution >= 4 is 5.97 Å². The molecule has 0 unspecified atom stereocenters. The van der Waals surface area contributed by atoms with Crippen LogP contribution in [0.1, 0.15) is 21.5 Å². The van der Waals surface area contributed by atoms with Crippen molar-refractivity contribution in [3.63, 3.8) is 0 Å². The Morgan fingerprint density at radius 2 is 1.76 bits per heavy atom. The summed E-state index contributed by atoms with van der Waals surface area (Å²) in [5, 5.41) is 0. The maximum atomic E-state index is 11.8. The van der Waals surface area contributed by atoms with Gasteiger partial charge in [0.1, 0.15) is 6.61 Å². The average Bonchev–Trinajstić information content (AvgIpc) is 2.73. The van der Waals surface area contributed by atoms with E-state index in [1.807, 2.05) is 49.4 Å². The first kappa shape index (κ1) is 10.1. The molecule has 0 saturated carbocycles. The van der Waals surface area contributed by atoms with Gasteiger partial charge < -0.3 is 4.74 Å². The van der Waals surface area contributed by atoms with Gasteiger partial charge in [-0.05, 0) is 23.6 Å². The first-order valence-corrected chi connectivity index (χ1v) is 5.62. The van der Waals surface area contributed by atoms with Crippen LogP contribution in [0.2, 0.25) is 0 Å². The number of benzene rings is 2. The van der Waals surface area contributed by atoms with Crippen molar-refractivity contribution in [2.45, 2.75) is 13.5 Å². The molecule has 1 aliphatic heterocycles. The van der Waals surface area contributed by atoms with Gasteiger partial charge in [0.15, 0.2) is 0 Å². The van der Waals surface area contributed by atoms with E-state index < -0.39 is 0 Å². The number of rotatable bonds is 1. The minimum absolute atomic E-state index is 0.206. The van der Waals surface area contributed by atoms with Crippen LogP contribution in [-0.4, -0.2) is 5.97 Å². The Hall–Kier alpha value is -2.09. The van der Waals surface area contributed by atoms with Gasteiger partial charge in [0, 0.05) is 5.56 Å². The van der Waals surface area contributed by atoms with Crippen molar-refractivity contribution in [3.05, 3.63) is 59.2 Å². The summed E-state index contributed by atoms with van der Waals surface area (Å²) < 4.78 is 5.10. The summed E-state index contributed by atoms with van der Waals surface area (Å²) in [4.78, 5) is 11.8. The molecular formula is C15H12O2. The molecular weight excluding hydrogens is 212 g/mol. The van der Waals surface area contributed by atoms with Crippen LogP contribution < -0.4 is 0 Å². The third-order valence-corrected chi connectivity index (χ3v) is 3.13. The number of hydrogen-bond donors (Lipinski definition) is 0. The zero-order valence-electron chi connectivity index (χ0n) is 9.57. The van der Waals surface area contributed by atoms with Gasteiger partial charge in [-0.15, -0.1) is 0 Å². The third kappa shape index (κ3) is 1.53. The molecule has 1 heterocycles. The first-order chi connectivity index (χ1) is 8.27. The van der Waals surface area contributed by atoms with Crippen LogP contribution in [0.15, 0.2) is 42.5 Å². The van der Waals surface area contributed by atoms with Crippen LogP contribution in [0, 0.1) is 6.92 Å². The number of fused-ring (bicyclic) bond motifs is 1. The van der Waals surface area contributed by atoms with E-state index in [0.29, 0.717) is 6.61 Å². The molecule has 2 nitrogen and oxygen atoms in total. The van der Waals surface area contributed by atoms with Crippen LogP contribution in [-0.2, 0) is 11.3 Å². The molecule has 0 radical (unpaired) electrons. The molecule has 0 spiro atoms. The van der Waals surface area contributed by atoms with Crippen LogP contribution in [0.3, 0.4) is 0 Å². The lowest BCUT2D eigenvalue weighted by Gasteiger charge is -2.09. The minimum Gasteiger partial charge on any atom is -0.457 e. The Kier molecular flexibility index (Phi) is 2.22. The standard InChI is InChI=1S/C15H12O2/c1-10-7-8-12-9-17-15(16)14(12)13(10)11-5-3-2-4-6-11/h2-8H,9H2,1H3. The summed E-state index contributed by atoms with van der Waals surface area (Å²) in [7, 11) is 0. The smallest absolute Gasteiger partial charge is 0.339 e.